The van der Waals surface area contributed by atoms with Gasteiger partial charge in [0.15, 0.2) is 0 Å². The first-order valence-electron chi connectivity index (χ1n) is 10.5. The molecule has 1 aromatic rings. The Kier molecular flexibility index (Phi) is 6.50. The van der Waals surface area contributed by atoms with E-state index in [0.717, 1.165) is 48.6 Å². The third kappa shape index (κ3) is 4.57. The molecule has 3 heterocycles. The fourth-order valence-electron chi connectivity index (χ4n) is 4.21. The highest BCUT2D eigenvalue weighted by molar-refractivity contribution is 5.89. The number of benzene rings is 1. The lowest BCUT2D eigenvalue weighted by atomic mass is 9.88. The Morgan fingerprint density at radius 3 is 2.73 bits per heavy atom. The summed E-state index contributed by atoms with van der Waals surface area (Å²) in [6, 6.07) is 7.92. The molecule has 0 aromatic heterocycles. The molecule has 7 heteroatoms. The molecule has 1 saturated heterocycles. The van der Waals surface area contributed by atoms with Crippen LogP contribution in [0.25, 0.3) is 5.57 Å². The predicted octanol–water partition coefficient (Wildman–Crippen LogP) is 2.98. The van der Waals surface area contributed by atoms with Crippen molar-refractivity contribution in [3.63, 3.8) is 0 Å². The average molecular weight is 412 g/mol. The SMILES string of the molecule is CN1C(C(=O)O)=CCC2C=NCC(c3ccc(OCCOC4CCOCC4)cc3)=C21. The number of fused-ring (bicyclic) bond motifs is 1. The van der Waals surface area contributed by atoms with Gasteiger partial charge < -0.3 is 24.2 Å². The van der Waals surface area contributed by atoms with E-state index in [4.69, 9.17) is 14.2 Å². The lowest BCUT2D eigenvalue weighted by Gasteiger charge is -2.35. The molecule has 0 aliphatic carbocycles. The Bertz CT molecular complexity index is 853. The maximum Gasteiger partial charge on any atom is 0.352 e. The van der Waals surface area contributed by atoms with Crippen LogP contribution >= 0.6 is 0 Å². The van der Waals surface area contributed by atoms with E-state index in [1.54, 1.807) is 11.0 Å². The van der Waals surface area contributed by atoms with Gasteiger partial charge in [-0.1, -0.05) is 18.2 Å². The summed E-state index contributed by atoms with van der Waals surface area (Å²) in [5.74, 6) is -0.00366. The molecular weight excluding hydrogens is 384 g/mol. The summed E-state index contributed by atoms with van der Waals surface area (Å²) >= 11 is 0. The van der Waals surface area contributed by atoms with Crippen molar-refractivity contribution < 1.29 is 24.1 Å². The van der Waals surface area contributed by atoms with Crippen LogP contribution in [0.5, 0.6) is 5.75 Å². The van der Waals surface area contributed by atoms with Gasteiger partial charge in [-0.2, -0.15) is 0 Å². The van der Waals surface area contributed by atoms with Crippen molar-refractivity contribution in [2.45, 2.75) is 25.4 Å². The highest BCUT2D eigenvalue weighted by Crippen LogP contribution is 2.36. The number of rotatable bonds is 7. The van der Waals surface area contributed by atoms with Crippen molar-refractivity contribution in [1.29, 1.82) is 0 Å². The van der Waals surface area contributed by atoms with E-state index in [-0.39, 0.29) is 12.0 Å². The van der Waals surface area contributed by atoms with Gasteiger partial charge in [0, 0.05) is 43.7 Å². The highest BCUT2D eigenvalue weighted by Gasteiger charge is 2.31. The smallest absolute Gasteiger partial charge is 0.352 e. The molecule has 0 radical (unpaired) electrons. The number of aliphatic imine (C=N–C) groups is 1. The maximum absolute atomic E-state index is 11.6. The average Bonchev–Trinajstić information content (AvgIpc) is 2.77. The summed E-state index contributed by atoms with van der Waals surface area (Å²) in [6.07, 6.45) is 6.52. The second-order valence-corrected chi connectivity index (χ2v) is 7.70. The Balaban J connectivity index is 1.39. The van der Waals surface area contributed by atoms with Crippen LogP contribution in [0.3, 0.4) is 0 Å². The van der Waals surface area contributed by atoms with Crippen LogP contribution in [-0.4, -0.2) is 68.3 Å². The van der Waals surface area contributed by atoms with E-state index >= 15 is 0 Å². The van der Waals surface area contributed by atoms with Crippen LogP contribution in [0.4, 0.5) is 0 Å². The minimum atomic E-state index is -0.906. The molecule has 1 fully saturated rings. The molecule has 0 spiro atoms. The third-order valence-electron chi connectivity index (χ3n) is 5.78. The minimum absolute atomic E-state index is 0.111. The van der Waals surface area contributed by atoms with Gasteiger partial charge in [-0.15, -0.1) is 0 Å². The molecule has 30 heavy (non-hydrogen) atoms. The number of likely N-dealkylation sites (N-methyl/N-ethyl adjacent to an activating group) is 1. The fourth-order valence-corrected chi connectivity index (χ4v) is 4.21. The highest BCUT2D eigenvalue weighted by atomic mass is 16.5. The van der Waals surface area contributed by atoms with E-state index in [2.05, 4.69) is 4.99 Å². The van der Waals surface area contributed by atoms with Gasteiger partial charge >= 0.3 is 5.97 Å². The van der Waals surface area contributed by atoms with Crippen LogP contribution in [0.15, 0.2) is 46.7 Å². The van der Waals surface area contributed by atoms with Gasteiger partial charge in [-0.25, -0.2) is 4.79 Å². The minimum Gasteiger partial charge on any atom is -0.491 e. The number of carbonyl (C=O) groups is 1. The van der Waals surface area contributed by atoms with Crippen molar-refractivity contribution >= 4 is 17.8 Å². The van der Waals surface area contributed by atoms with Crippen molar-refractivity contribution in [3.8, 4) is 5.75 Å². The van der Waals surface area contributed by atoms with Gasteiger partial charge in [0.1, 0.15) is 18.1 Å². The molecule has 4 rings (SSSR count). The third-order valence-corrected chi connectivity index (χ3v) is 5.78. The zero-order valence-corrected chi connectivity index (χ0v) is 17.3. The van der Waals surface area contributed by atoms with Crippen molar-refractivity contribution in [3.05, 3.63) is 47.3 Å². The summed E-state index contributed by atoms with van der Waals surface area (Å²) in [5.41, 5.74) is 3.43. The second kappa shape index (κ2) is 9.45. The van der Waals surface area contributed by atoms with Crippen LogP contribution in [-0.2, 0) is 14.3 Å². The fraction of sp³-hybridized carbons (Fsp3) is 0.478. The first-order chi connectivity index (χ1) is 14.6. The number of carboxylic acids is 1. The van der Waals surface area contributed by atoms with Crippen molar-refractivity contribution in [2.75, 3.05) is 40.0 Å². The molecule has 1 N–H and O–H groups in total. The van der Waals surface area contributed by atoms with Crippen LogP contribution in [0.2, 0.25) is 0 Å². The monoisotopic (exact) mass is 412 g/mol. The van der Waals surface area contributed by atoms with E-state index < -0.39 is 5.97 Å². The lowest BCUT2D eigenvalue weighted by molar-refractivity contribution is -0.134. The van der Waals surface area contributed by atoms with E-state index in [9.17, 15) is 9.90 Å². The normalized spacial score (nSPS) is 22.0. The molecular formula is C23H28N2O5. The van der Waals surface area contributed by atoms with Crippen LogP contribution < -0.4 is 4.74 Å². The summed E-state index contributed by atoms with van der Waals surface area (Å²) in [5, 5.41) is 9.48. The first kappa shape index (κ1) is 20.6. The number of hydrogen-bond acceptors (Lipinski definition) is 6. The van der Waals surface area contributed by atoms with Crippen LogP contribution in [0.1, 0.15) is 24.8 Å². The Morgan fingerprint density at radius 1 is 1.23 bits per heavy atom. The van der Waals surface area contributed by atoms with Gasteiger partial charge in [0.25, 0.3) is 0 Å². The van der Waals surface area contributed by atoms with Gasteiger partial charge in [0.05, 0.1) is 19.3 Å². The molecule has 160 valence electrons. The Morgan fingerprint density at radius 2 is 2.00 bits per heavy atom. The van der Waals surface area contributed by atoms with Crippen molar-refractivity contribution in [2.24, 2.45) is 10.9 Å². The Labute approximate surface area is 176 Å². The molecule has 3 aliphatic heterocycles. The molecule has 0 saturated carbocycles. The molecule has 1 atom stereocenters. The molecule has 0 bridgehead atoms. The number of hydrogen-bond donors (Lipinski definition) is 1. The summed E-state index contributed by atoms with van der Waals surface area (Å²) in [7, 11) is 1.82. The van der Waals surface area contributed by atoms with E-state index in [1.807, 2.05) is 37.5 Å². The quantitative estimate of drug-likeness (QED) is 0.694. The number of aliphatic carboxylic acids is 1. The van der Waals surface area contributed by atoms with Gasteiger partial charge in [0.2, 0.25) is 0 Å². The number of carboxylic acid groups (broad SMARTS) is 1. The zero-order chi connectivity index (χ0) is 20.9. The zero-order valence-electron chi connectivity index (χ0n) is 17.3. The molecule has 0 amide bonds. The van der Waals surface area contributed by atoms with Crippen LogP contribution in [0, 0.1) is 5.92 Å². The summed E-state index contributed by atoms with van der Waals surface area (Å²) in [4.78, 5) is 17.8. The largest absolute Gasteiger partial charge is 0.491 e. The number of allylic oxidation sites excluding steroid dienone is 2. The maximum atomic E-state index is 11.6. The number of nitrogens with zero attached hydrogens (tertiary/aromatic N) is 2. The predicted molar refractivity (Wildman–Crippen MR) is 114 cm³/mol. The lowest BCUT2D eigenvalue weighted by Crippen LogP contribution is -2.34. The molecule has 1 unspecified atom stereocenters. The van der Waals surface area contributed by atoms with Crippen molar-refractivity contribution in [1.82, 2.24) is 4.90 Å². The summed E-state index contributed by atoms with van der Waals surface area (Å²) < 4.78 is 17.0. The Hall–Kier alpha value is -2.64. The first-order valence-corrected chi connectivity index (χ1v) is 10.5. The molecule has 3 aliphatic rings. The summed E-state index contributed by atoms with van der Waals surface area (Å²) in [6.45, 7) is 3.16. The van der Waals surface area contributed by atoms with E-state index in [1.165, 1.54) is 0 Å². The molecule has 1 aromatic carbocycles. The standard InChI is InChI=1S/C23H28N2O5/c1-25-21(23(26)27)7-4-17-14-24-15-20(22(17)25)16-2-5-18(6-3-16)29-12-13-30-19-8-10-28-11-9-19/h2-3,5-7,14,17,19H,4,8-13,15H2,1H3,(H,26,27). The van der Waals surface area contributed by atoms with E-state index in [0.29, 0.717) is 31.9 Å². The number of dihydropyridines is 1. The molecule has 7 nitrogen and oxygen atoms in total. The topological polar surface area (TPSA) is 80.6 Å². The second-order valence-electron chi connectivity index (χ2n) is 7.70. The van der Waals surface area contributed by atoms with Gasteiger partial charge in [-0.3, -0.25) is 4.99 Å². The number of ether oxygens (including phenoxy) is 3. The van der Waals surface area contributed by atoms with Gasteiger partial charge in [-0.05, 0) is 37.0 Å².